The van der Waals surface area contributed by atoms with E-state index in [-0.39, 0.29) is 11.7 Å². The molecular formula is C10H9FN2O. The van der Waals surface area contributed by atoms with Gasteiger partial charge in [-0.2, -0.15) is 5.10 Å². The summed E-state index contributed by atoms with van der Waals surface area (Å²) in [6, 6.07) is 3.01. The molecule has 3 nitrogen and oxygen atoms in total. The third-order valence-corrected chi connectivity index (χ3v) is 2.15. The standard InChI is InChI=1S/C10H9FN2O/c1-6-3-8-5-12-13(7(2)14)10(8)4-9(6)11/h3-5H,1-2H3. The summed E-state index contributed by atoms with van der Waals surface area (Å²) < 4.78 is 14.4. The molecule has 0 saturated heterocycles. The smallest absolute Gasteiger partial charge is 0.244 e. The first-order valence-corrected chi connectivity index (χ1v) is 4.24. The second-order valence-corrected chi connectivity index (χ2v) is 3.24. The van der Waals surface area contributed by atoms with Crippen molar-refractivity contribution in [1.82, 2.24) is 9.78 Å². The van der Waals surface area contributed by atoms with E-state index in [4.69, 9.17) is 0 Å². The van der Waals surface area contributed by atoms with Crippen LogP contribution in [0.1, 0.15) is 17.3 Å². The summed E-state index contributed by atoms with van der Waals surface area (Å²) in [4.78, 5) is 11.1. The zero-order valence-electron chi connectivity index (χ0n) is 7.91. The molecule has 0 N–H and O–H groups in total. The van der Waals surface area contributed by atoms with Crippen molar-refractivity contribution in [3.8, 4) is 0 Å². The van der Waals surface area contributed by atoms with Gasteiger partial charge in [-0.05, 0) is 18.6 Å². The highest BCUT2D eigenvalue weighted by molar-refractivity contribution is 5.89. The Balaban J connectivity index is 2.80. The summed E-state index contributed by atoms with van der Waals surface area (Å²) in [5.74, 6) is -0.538. The van der Waals surface area contributed by atoms with Crippen LogP contribution in [-0.4, -0.2) is 15.7 Å². The van der Waals surface area contributed by atoms with Gasteiger partial charge in [0.15, 0.2) is 0 Å². The Bertz CT molecular complexity index is 516. The molecule has 0 atom stereocenters. The second kappa shape index (κ2) is 2.90. The Morgan fingerprint density at radius 1 is 1.50 bits per heavy atom. The van der Waals surface area contributed by atoms with Gasteiger partial charge in [-0.3, -0.25) is 4.79 Å². The van der Waals surface area contributed by atoms with E-state index in [2.05, 4.69) is 5.10 Å². The molecule has 0 aliphatic carbocycles. The molecule has 1 heterocycles. The molecule has 0 bridgehead atoms. The summed E-state index contributed by atoms with van der Waals surface area (Å²) in [5.41, 5.74) is 1.07. The van der Waals surface area contributed by atoms with E-state index < -0.39 is 0 Å². The number of nitrogens with zero attached hydrogens (tertiary/aromatic N) is 2. The minimum Gasteiger partial charge on any atom is -0.273 e. The van der Waals surface area contributed by atoms with Crippen LogP contribution in [0.25, 0.3) is 10.9 Å². The molecular weight excluding hydrogens is 183 g/mol. The van der Waals surface area contributed by atoms with Gasteiger partial charge in [-0.25, -0.2) is 9.07 Å². The maximum Gasteiger partial charge on any atom is 0.244 e. The van der Waals surface area contributed by atoms with Crippen LogP contribution >= 0.6 is 0 Å². The fourth-order valence-electron chi connectivity index (χ4n) is 1.41. The van der Waals surface area contributed by atoms with Gasteiger partial charge in [-0.15, -0.1) is 0 Å². The van der Waals surface area contributed by atoms with E-state index in [0.717, 1.165) is 5.39 Å². The molecule has 14 heavy (non-hydrogen) atoms. The molecule has 72 valence electrons. The highest BCUT2D eigenvalue weighted by atomic mass is 19.1. The van der Waals surface area contributed by atoms with Crippen LogP contribution < -0.4 is 0 Å². The lowest BCUT2D eigenvalue weighted by Gasteiger charge is -1.99. The number of carbonyl (C=O) groups is 1. The molecule has 4 heteroatoms. The fourth-order valence-corrected chi connectivity index (χ4v) is 1.41. The predicted octanol–water partition coefficient (Wildman–Crippen LogP) is 2.14. The van der Waals surface area contributed by atoms with E-state index in [1.165, 1.54) is 17.7 Å². The molecule has 0 spiro atoms. The van der Waals surface area contributed by atoms with Crippen molar-refractivity contribution in [3.05, 3.63) is 29.7 Å². The van der Waals surface area contributed by atoms with E-state index in [1.807, 2.05) is 0 Å². The van der Waals surface area contributed by atoms with Crippen LogP contribution in [0.5, 0.6) is 0 Å². The van der Waals surface area contributed by atoms with Crippen molar-refractivity contribution in [1.29, 1.82) is 0 Å². The van der Waals surface area contributed by atoms with Gasteiger partial charge in [0.25, 0.3) is 0 Å². The SMILES string of the molecule is CC(=O)n1ncc2cc(C)c(F)cc21. The molecule has 0 unspecified atom stereocenters. The molecule has 1 aromatic heterocycles. The minimum atomic E-state index is -0.319. The van der Waals surface area contributed by atoms with Gasteiger partial charge in [0, 0.05) is 18.4 Å². The molecule has 2 aromatic rings. The number of aryl methyl sites for hydroxylation is 1. The molecule has 1 aromatic carbocycles. The molecule has 0 aliphatic heterocycles. The van der Waals surface area contributed by atoms with Crippen LogP contribution in [0.4, 0.5) is 4.39 Å². The predicted molar refractivity (Wildman–Crippen MR) is 50.7 cm³/mol. The lowest BCUT2D eigenvalue weighted by molar-refractivity contribution is 0.0927. The molecule has 0 amide bonds. The Hall–Kier alpha value is -1.71. The van der Waals surface area contributed by atoms with Gasteiger partial charge in [-0.1, -0.05) is 0 Å². The van der Waals surface area contributed by atoms with Crippen LogP contribution in [0.3, 0.4) is 0 Å². The van der Waals surface area contributed by atoms with E-state index in [1.54, 1.807) is 19.2 Å². The quantitative estimate of drug-likeness (QED) is 0.641. The van der Waals surface area contributed by atoms with Gasteiger partial charge in [0.2, 0.25) is 5.91 Å². The van der Waals surface area contributed by atoms with Crippen LogP contribution in [0.2, 0.25) is 0 Å². The van der Waals surface area contributed by atoms with Crippen molar-refractivity contribution in [2.75, 3.05) is 0 Å². The third kappa shape index (κ3) is 1.19. The summed E-state index contributed by atoms with van der Waals surface area (Å²) in [6.07, 6.45) is 1.56. The van der Waals surface area contributed by atoms with Crippen molar-refractivity contribution in [2.45, 2.75) is 13.8 Å². The maximum absolute atomic E-state index is 13.2. The number of fused-ring (bicyclic) bond motifs is 1. The van der Waals surface area contributed by atoms with Gasteiger partial charge in [0.1, 0.15) is 5.82 Å². The monoisotopic (exact) mass is 192 g/mol. The van der Waals surface area contributed by atoms with E-state index in [0.29, 0.717) is 11.1 Å². The van der Waals surface area contributed by atoms with Crippen molar-refractivity contribution in [3.63, 3.8) is 0 Å². The number of rotatable bonds is 0. The Morgan fingerprint density at radius 3 is 2.86 bits per heavy atom. The van der Waals surface area contributed by atoms with Crippen molar-refractivity contribution < 1.29 is 9.18 Å². The summed E-state index contributed by atoms with van der Waals surface area (Å²) >= 11 is 0. The molecule has 2 rings (SSSR count). The second-order valence-electron chi connectivity index (χ2n) is 3.24. The van der Waals surface area contributed by atoms with E-state index >= 15 is 0 Å². The summed E-state index contributed by atoms with van der Waals surface area (Å²) in [7, 11) is 0. The Morgan fingerprint density at radius 2 is 2.21 bits per heavy atom. The first-order chi connectivity index (χ1) is 6.59. The Kier molecular flexibility index (Phi) is 1.84. The Labute approximate surface area is 80.1 Å². The third-order valence-electron chi connectivity index (χ3n) is 2.15. The zero-order chi connectivity index (χ0) is 10.3. The lowest BCUT2D eigenvalue weighted by Crippen LogP contribution is -2.06. The first kappa shape index (κ1) is 8.87. The van der Waals surface area contributed by atoms with Crippen LogP contribution in [-0.2, 0) is 0 Å². The molecule has 0 fully saturated rings. The van der Waals surface area contributed by atoms with Crippen LogP contribution in [0.15, 0.2) is 18.3 Å². The molecule has 0 saturated carbocycles. The summed E-state index contributed by atoms with van der Waals surface area (Å²) in [5, 5.41) is 4.65. The summed E-state index contributed by atoms with van der Waals surface area (Å²) in [6.45, 7) is 3.07. The van der Waals surface area contributed by atoms with Crippen LogP contribution in [0, 0.1) is 12.7 Å². The van der Waals surface area contributed by atoms with Gasteiger partial charge < -0.3 is 0 Å². The largest absolute Gasteiger partial charge is 0.273 e. The number of benzene rings is 1. The van der Waals surface area contributed by atoms with Gasteiger partial charge >= 0.3 is 0 Å². The first-order valence-electron chi connectivity index (χ1n) is 4.24. The number of halogens is 1. The zero-order valence-corrected chi connectivity index (χ0v) is 7.91. The molecule has 0 aliphatic rings. The average molecular weight is 192 g/mol. The van der Waals surface area contributed by atoms with Crippen molar-refractivity contribution in [2.24, 2.45) is 0 Å². The number of hydrogen-bond acceptors (Lipinski definition) is 2. The average Bonchev–Trinajstić information content (AvgIpc) is 2.48. The van der Waals surface area contributed by atoms with Crippen molar-refractivity contribution >= 4 is 16.8 Å². The highest BCUT2D eigenvalue weighted by Gasteiger charge is 2.08. The van der Waals surface area contributed by atoms with Gasteiger partial charge in [0.05, 0.1) is 11.7 Å². The maximum atomic E-state index is 13.2. The topological polar surface area (TPSA) is 34.9 Å². The van der Waals surface area contributed by atoms with E-state index in [9.17, 15) is 9.18 Å². The lowest BCUT2D eigenvalue weighted by atomic mass is 10.2. The minimum absolute atomic E-state index is 0.219. The number of hydrogen-bond donors (Lipinski definition) is 0. The number of carbonyl (C=O) groups excluding carboxylic acids is 1. The fraction of sp³-hybridized carbons (Fsp3) is 0.200. The normalized spacial score (nSPS) is 10.8. The highest BCUT2D eigenvalue weighted by Crippen LogP contribution is 2.18. The molecule has 0 radical (unpaired) electrons. The number of aromatic nitrogens is 2.